The lowest BCUT2D eigenvalue weighted by molar-refractivity contribution is -0.137. The van der Waals surface area contributed by atoms with Crippen molar-refractivity contribution in [2.24, 2.45) is 0 Å². The van der Waals surface area contributed by atoms with Crippen LogP contribution in [-0.2, 0) is 16.1 Å². The van der Waals surface area contributed by atoms with Gasteiger partial charge in [-0.1, -0.05) is 53.7 Å². The van der Waals surface area contributed by atoms with Crippen LogP contribution in [0.15, 0.2) is 59.1 Å². The van der Waals surface area contributed by atoms with Gasteiger partial charge in [-0.2, -0.15) is 0 Å². The molecule has 2 amide bonds. The molecule has 4 rings (SSSR count). The second-order valence-electron chi connectivity index (χ2n) is 7.83. The first-order valence-electron chi connectivity index (χ1n) is 10.5. The Morgan fingerprint density at radius 2 is 1.73 bits per heavy atom. The number of carbonyl (C=O) groups excluding carboxylic acids is 2. The molecule has 0 fully saturated rings. The predicted molar refractivity (Wildman–Crippen MR) is 118 cm³/mol. The molecule has 0 bridgehead atoms. The van der Waals surface area contributed by atoms with E-state index in [0.717, 1.165) is 22.3 Å². The van der Waals surface area contributed by atoms with Crippen molar-refractivity contribution in [3.63, 3.8) is 0 Å². The SMILES string of the molecule is CC(CC(=O)O)NC(=O)c1cc(CNC(=O)OCC2c3ccccc3-c3ccccc32)on1. The van der Waals surface area contributed by atoms with Crippen molar-refractivity contribution in [1.82, 2.24) is 15.8 Å². The molecule has 1 atom stereocenters. The minimum absolute atomic E-state index is 0.00317. The van der Waals surface area contributed by atoms with Crippen LogP contribution in [0.1, 0.15) is 46.6 Å². The molecule has 0 saturated carbocycles. The summed E-state index contributed by atoms with van der Waals surface area (Å²) in [5.74, 6) is -1.35. The number of alkyl carbamates (subject to hydrolysis) is 1. The van der Waals surface area contributed by atoms with Crippen molar-refractivity contribution in [3.05, 3.63) is 77.2 Å². The van der Waals surface area contributed by atoms with Crippen LogP contribution in [0.5, 0.6) is 0 Å². The summed E-state index contributed by atoms with van der Waals surface area (Å²) in [6, 6.07) is 17.0. The van der Waals surface area contributed by atoms with E-state index in [1.54, 1.807) is 6.92 Å². The highest BCUT2D eigenvalue weighted by atomic mass is 16.5. The fourth-order valence-corrected chi connectivity index (χ4v) is 3.92. The first-order chi connectivity index (χ1) is 15.9. The molecule has 0 radical (unpaired) electrons. The number of nitrogens with one attached hydrogen (secondary N) is 2. The summed E-state index contributed by atoms with van der Waals surface area (Å²) in [5, 5.41) is 17.5. The molecule has 0 saturated heterocycles. The number of fused-ring (bicyclic) bond motifs is 3. The normalized spacial score (nSPS) is 13.0. The molecular weight excluding hydrogens is 426 g/mol. The van der Waals surface area contributed by atoms with Crippen molar-refractivity contribution < 1.29 is 28.8 Å². The number of hydrogen-bond donors (Lipinski definition) is 3. The van der Waals surface area contributed by atoms with Gasteiger partial charge in [0.25, 0.3) is 5.91 Å². The Bertz CT molecular complexity index is 1140. The molecule has 1 aliphatic carbocycles. The lowest BCUT2D eigenvalue weighted by atomic mass is 9.98. The van der Waals surface area contributed by atoms with Gasteiger partial charge in [-0.25, -0.2) is 4.79 Å². The summed E-state index contributed by atoms with van der Waals surface area (Å²) in [5.41, 5.74) is 4.53. The smallest absolute Gasteiger partial charge is 0.407 e. The number of carbonyl (C=O) groups is 3. The lowest BCUT2D eigenvalue weighted by Gasteiger charge is -2.14. The monoisotopic (exact) mass is 449 g/mol. The highest BCUT2D eigenvalue weighted by molar-refractivity contribution is 5.92. The Labute approximate surface area is 189 Å². The van der Waals surface area contributed by atoms with E-state index in [1.807, 2.05) is 36.4 Å². The third-order valence-electron chi connectivity index (χ3n) is 5.40. The van der Waals surface area contributed by atoms with Crippen LogP contribution in [0.2, 0.25) is 0 Å². The van der Waals surface area contributed by atoms with Gasteiger partial charge in [-0.05, 0) is 29.2 Å². The molecule has 0 spiro atoms. The van der Waals surface area contributed by atoms with Gasteiger partial charge in [0.1, 0.15) is 6.61 Å². The van der Waals surface area contributed by atoms with Gasteiger partial charge in [0.2, 0.25) is 0 Å². The maximum absolute atomic E-state index is 12.3. The van der Waals surface area contributed by atoms with Crippen LogP contribution in [-0.4, -0.2) is 40.9 Å². The zero-order chi connectivity index (χ0) is 23.4. The Kier molecular flexibility index (Phi) is 6.39. The van der Waals surface area contributed by atoms with E-state index in [2.05, 4.69) is 27.9 Å². The van der Waals surface area contributed by atoms with Crippen LogP contribution < -0.4 is 10.6 Å². The quantitative estimate of drug-likeness (QED) is 0.481. The third-order valence-corrected chi connectivity index (χ3v) is 5.40. The van der Waals surface area contributed by atoms with Gasteiger partial charge < -0.3 is 25.0 Å². The van der Waals surface area contributed by atoms with Gasteiger partial charge in [-0.3, -0.25) is 9.59 Å². The van der Waals surface area contributed by atoms with E-state index in [-0.39, 0.29) is 36.9 Å². The summed E-state index contributed by atoms with van der Waals surface area (Å²) in [7, 11) is 0. The number of carboxylic acid groups (broad SMARTS) is 1. The summed E-state index contributed by atoms with van der Waals surface area (Å²) >= 11 is 0. The van der Waals surface area contributed by atoms with Crippen LogP contribution in [0, 0.1) is 0 Å². The number of amides is 2. The minimum atomic E-state index is -1.02. The molecule has 1 heterocycles. The number of ether oxygens (including phenoxy) is 1. The first kappa shape index (κ1) is 22.1. The lowest BCUT2D eigenvalue weighted by Crippen LogP contribution is -2.34. The summed E-state index contributed by atoms with van der Waals surface area (Å²) in [6.45, 7) is 1.75. The summed E-state index contributed by atoms with van der Waals surface area (Å²) in [6.07, 6.45) is -0.825. The largest absolute Gasteiger partial charge is 0.481 e. The molecule has 1 unspecified atom stereocenters. The number of aromatic nitrogens is 1. The molecule has 9 nitrogen and oxygen atoms in total. The van der Waals surface area contributed by atoms with Gasteiger partial charge in [0.15, 0.2) is 11.5 Å². The van der Waals surface area contributed by atoms with Crippen LogP contribution in [0.3, 0.4) is 0 Å². The second-order valence-corrected chi connectivity index (χ2v) is 7.83. The minimum Gasteiger partial charge on any atom is -0.481 e. The van der Waals surface area contributed by atoms with Gasteiger partial charge in [0, 0.05) is 18.0 Å². The maximum atomic E-state index is 12.3. The standard InChI is InChI=1S/C24H23N3O6/c1-14(10-22(28)29)26-23(30)21-11-15(33-27-21)12-25-24(31)32-13-20-18-8-4-2-6-16(18)17-7-3-5-9-19(17)20/h2-9,11,14,20H,10,12-13H2,1H3,(H,25,31)(H,26,30)(H,28,29). The van der Waals surface area contributed by atoms with Gasteiger partial charge in [0.05, 0.1) is 13.0 Å². The molecular formula is C24H23N3O6. The molecule has 2 aromatic carbocycles. The Balaban J connectivity index is 1.30. The summed E-state index contributed by atoms with van der Waals surface area (Å²) < 4.78 is 10.5. The molecule has 33 heavy (non-hydrogen) atoms. The van der Waals surface area contributed by atoms with Crippen molar-refractivity contribution in [2.75, 3.05) is 6.61 Å². The van der Waals surface area contributed by atoms with E-state index >= 15 is 0 Å². The summed E-state index contributed by atoms with van der Waals surface area (Å²) in [4.78, 5) is 35.1. The number of rotatable bonds is 8. The van der Waals surface area contributed by atoms with Gasteiger partial charge in [-0.15, -0.1) is 0 Å². The Morgan fingerprint density at radius 3 is 2.36 bits per heavy atom. The van der Waals surface area contributed by atoms with Crippen LogP contribution in [0.4, 0.5) is 4.79 Å². The number of aliphatic carboxylic acids is 1. The van der Waals surface area contributed by atoms with Crippen LogP contribution in [0.25, 0.3) is 11.1 Å². The van der Waals surface area contributed by atoms with E-state index in [0.29, 0.717) is 0 Å². The molecule has 3 N–H and O–H groups in total. The fourth-order valence-electron chi connectivity index (χ4n) is 3.92. The van der Waals surface area contributed by atoms with E-state index in [9.17, 15) is 14.4 Å². The van der Waals surface area contributed by atoms with Crippen molar-refractivity contribution >= 4 is 18.0 Å². The molecule has 1 aliphatic rings. The molecule has 1 aromatic heterocycles. The second kappa shape index (κ2) is 9.56. The highest BCUT2D eigenvalue weighted by Gasteiger charge is 2.29. The van der Waals surface area contributed by atoms with E-state index in [4.69, 9.17) is 14.4 Å². The zero-order valence-corrected chi connectivity index (χ0v) is 17.9. The number of nitrogens with zero attached hydrogens (tertiary/aromatic N) is 1. The third kappa shape index (κ3) is 5.03. The van der Waals surface area contributed by atoms with Crippen LogP contribution >= 0.6 is 0 Å². The van der Waals surface area contributed by atoms with Crippen molar-refractivity contribution in [3.8, 4) is 11.1 Å². The molecule has 3 aromatic rings. The molecule has 170 valence electrons. The zero-order valence-electron chi connectivity index (χ0n) is 17.9. The highest BCUT2D eigenvalue weighted by Crippen LogP contribution is 2.44. The first-order valence-corrected chi connectivity index (χ1v) is 10.5. The number of benzene rings is 2. The molecule has 0 aliphatic heterocycles. The molecule has 9 heteroatoms. The number of carboxylic acids is 1. The van der Waals surface area contributed by atoms with E-state index < -0.39 is 24.0 Å². The van der Waals surface area contributed by atoms with Crippen molar-refractivity contribution in [1.29, 1.82) is 0 Å². The fraction of sp³-hybridized carbons (Fsp3) is 0.250. The average Bonchev–Trinajstić information content (AvgIpc) is 3.39. The predicted octanol–water partition coefficient (Wildman–Crippen LogP) is 3.31. The topological polar surface area (TPSA) is 131 Å². The van der Waals surface area contributed by atoms with E-state index in [1.165, 1.54) is 6.07 Å². The van der Waals surface area contributed by atoms with Crippen molar-refractivity contribution in [2.45, 2.75) is 31.8 Å². The maximum Gasteiger partial charge on any atom is 0.407 e. The number of hydrogen-bond acceptors (Lipinski definition) is 6. The Hall–Kier alpha value is -4.14. The van der Waals surface area contributed by atoms with Gasteiger partial charge >= 0.3 is 12.1 Å². The average molecular weight is 449 g/mol. The Morgan fingerprint density at radius 1 is 1.09 bits per heavy atom.